The Kier molecular flexibility index (Phi) is 3.36. The van der Waals surface area contributed by atoms with Crippen LogP contribution in [0.2, 0.25) is 0 Å². The van der Waals surface area contributed by atoms with Crippen molar-refractivity contribution in [1.29, 1.82) is 0 Å². The van der Waals surface area contributed by atoms with Gasteiger partial charge in [-0.25, -0.2) is 0 Å². The quantitative estimate of drug-likeness (QED) is 0.654. The Morgan fingerprint density at radius 3 is 2.54 bits per heavy atom. The van der Waals surface area contributed by atoms with E-state index in [0.29, 0.717) is 17.7 Å². The highest BCUT2D eigenvalue weighted by molar-refractivity contribution is 4.88. The maximum absolute atomic E-state index is 5.62. The number of nitrogens with zero attached hydrogens (tertiary/aromatic N) is 1. The zero-order valence-corrected chi connectivity index (χ0v) is 9.63. The third-order valence-corrected chi connectivity index (χ3v) is 3.53. The predicted octanol–water partition coefficient (Wildman–Crippen LogP) is 2.28. The molecule has 1 aliphatic heterocycles. The summed E-state index contributed by atoms with van der Waals surface area (Å²) >= 11 is 0. The molecule has 0 aromatic carbocycles. The molecule has 0 saturated carbocycles. The van der Waals surface area contributed by atoms with Crippen LogP contribution in [0.25, 0.3) is 0 Å². The van der Waals surface area contributed by atoms with Crippen LogP contribution in [-0.4, -0.2) is 35.7 Å². The Hall–Kier alpha value is -0.0800. The third kappa shape index (κ3) is 2.23. The van der Waals surface area contributed by atoms with E-state index >= 15 is 0 Å². The lowest BCUT2D eigenvalue weighted by molar-refractivity contribution is -0.0919. The summed E-state index contributed by atoms with van der Waals surface area (Å²) in [5, 5.41) is 0. The molecule has 0 aromatic heterocycles. The number of rotatable bonds is 2. The maximum atomic E-state index is 5.62. The van der Waals surface area contributed by atoms with Gasteiger partial charge in [0.25, 0.3) is 0 Å². The van der Waals surface area contributed by atoms with Crippen LogP contribution in [0.1, 0.15) is 41.0 Å². The normalized spacial score (nSPS) is 32.1. The number of hydrogen-bond acceptors (Lipinski definition) is 2. The van der Waals surface area contributed by atoms with Crippen LogP contribution in [0.15, 0.2) is 0 Å². The molecule has 0 spiro atoms. The highest BCUT2D eigenvalue weighted by atomic mass is 16.5. The lowest BCUT2D eigenvalue weighted by Gasteiger charge is -2.47. The molecule has 78 valence electrons. The minimum atomic E-state index is 0.317. The largest absolute Gasteiger partial charge is 0.376 e. The van der Waals surface area contributed by atoms with Gasteiger partial charge in [-0.15, -0.1) is 0 Å². The average molecular weight is 185 g/mol. The Bertz CT molecular complexity index is 167. The monoisotopic (exact) mass is 185 g/mol. The zero-order valence-electron chi connectivity index (χ0n) is 9.63. The molecule has 0 N–H and O–H groups in total. The van der Waals surface area contributed by atoms with Crippen molar-refractivity contribution in [3.63, 3.8) is 0 Å². The fourth-order valence-electron chi connectivity index (χ4n) is 1.99. The van der Waals surface area contributed by atoms with E-state index in [1.807, 2.05) is 0 Å². The van der Waals surface area contributed by atoms with E-state index in [1.165, 1.54) is 6.42 Å². The van der Waals surface area contributed by atoms with Crippen molar-refractivity contribution in [2.75, 3.05) is 13.2 Å². The van der Waals surface area contributed by atoms with Crippen molar-refractivity contribution >= 4 is 0 Å². The molecule has 0 aliphatic carbocycles. The second kappa shape index (κ2) is 3.97. The molecular formula is C11H23NO. The summed E-state index contributed by atoms with van der Waals surface area (Å²) < 4.78 is 5.62. The number of morpholine rings is 1. The Labute approximate surface area is 82.3 Å². The van der Waals surface area contributed by atoms with E-state index in [2.05, 4.69) is 39.5 Å². The lowest BCUT2D eigenvalue weighted by atomic mass is 9.95. The molecule has 0 unspecified atom stereocenters. The second-order valence-corrected chi connectivity index (χ2v) is 4.68. The molecule has 0 bridgehead atoms. The first-order valence-electron chi connectivity index (χ1n) is 5.37. The molecule has 1 fully saturated rings. The predicted molar refractivity (Wildman–Crippen MR) is 56.0 cm³/mol. The van der Waals surface area contributed by atoms with Crippen molar-refractivity contribution < 1.29 is 4.74 Å². The lowest BCUT2D eigenvalue weighted by Crippen LogP contribution is -2.57. The molecule has 1 heterocycles. The minimum Gasteiger partial charge on any atom is -0.376 e. The molecule has 13 heavy (non-hydrogen) atoms. The van der Waals surface area contributed by atoms with Crippen LogP contribution >= 0.6 is 0 Å². The zero-order chi connectivity index (χ0) is 10.1. The fraction of sp³-hybridized carbons (Fsp3) is 1.00. The molecule has 0 radical (unpaired) electrons. The van der Waals surface area contributed by atoms with Gasteiger partial charge in [0.15, 0.2) is 0 Å². The summed E-state index contributed by atoms with van der Waals surface area (Å²) in [5.74, 6) is 0. The summed E-state index contributed by atoms with van der Waals surface area (Å²) in [5.41, 5.74) is 0.317. The molecular weight excluding hydrogens is 162 g/mol. The smallest absolute Gasteiger partial charge is 0.0700 e. The van der Waals surface area contributed by atoms with E-state index in [0.717, 1.165) is 13.2 Å². The van der Waals surface area contributed by atoms with Gasteiger partial charge in [0.2, 0.25) is 0 Å². The molecule has 0 aromatic rings. The van der Waals surface area contributed by atoms with E-state index in [-0.39, 0.29) is 0 Å². The van der Waals surface area contributed by atoms with Gasteiger partial charge in [0.05, 0.1) is 12.7 Å². The molecule has 0 amide bonds. The van der Waals surface area contributed by atoms with Gasteiger partial charge in [0.1, 0.15) is 0 Å². The number of ether oxygens (including phenoxy) is 1. The molecule has 1 saturated heterocycles. The van der Waals surface area contributed by atoms with E-state index in [4.69, 9.17) is 4.74 Å². The van der Waals surface area contributed by atoms with Crippen LogP contribution in [0.5, 0.6) is 0 Å². The van der Waals surface area contributed by atoms with Gasteiger partial charge in [-0.3, -0.25) is 4.90 Å². The van der Waals surface area contributed by atoms with Crippen LogP contribution < -0.4 is 0 Å². The summed E-state index contributed by atoms with van der Waals surface area (Å²) in [6, 6.07) is 0.545. The van der Waals surface area contributed by atoms with Crippen LogP contribution in [-0.2, 0) is 4.74 Å². The molecule has 1 aliphatic rings. The molecule has 2 nitrogen and oxygen atoms in total. The molecule has 2 atom stereocenters. The van der Waals surface area contributed by atoms with Crippen LogP contribution in [0.3, 0.4) is 0 Å². The Morgan fingerprint density at radius 2 is 2.00 bits per heavy atom. The second-order valence-electron chi connectivity index (χ2n) is 4.68. The van der Waals surface area contributed by atoms with Gasteiger partial charge >= 0.3 is 0 Å². The Balaban J connectivity index is 2.67. The van der Waals surface area contributed by atoms with E-state index < -0.39 is 0 Å². The standard InChI is InChI=1S/C11H23NO/c1-6-11(4,5)12-7-8-13-10(3)9(12)2/h9-10H,6-8H2,1-5H3/t9-,10-/m1/s1. The average Bonchev–Trinajstić information content (AvgIpc) is 2.09. The molecule has 1 rings (SSSR count). The summed E-state index contributed by atoms with van der Waals surface area (Å²) in [4.78, 5) is 2.57. The van der Waals surface area contributed by atoms with Crippen molar-refractivity contribution in [3.8, 4) is 0 Å². The van der Waals surface area contributed by atoms with E-state index in [9.17, 15) is 0 Å². The van der Waals surface area contributed by atoms with Crippen molar-refractivity contribution in [2.24, 2.45) is 0 Å². The maximum Gasteiger partial charge on any atom is 0.0700 e. The topological polar surface area (TPSA) is 12.5 Å². The first-order valence-corrected chi connectivity index (χ1v) is 5.37. The first-order chi connectivity index (χ1) is 5.99. The van der Waals surface area contributed by atoms with Crippen molar-refractivity contribution in [1.82, 2.24) is 4.90 Å². The fourth-order valence-corrected chi connectivity index (χ4v) is 1.99. The molecule has 2 heteroatoms. The summed E-state index contributed by atoms with van der Waals surface area (Å²) in [6.07, 6.45) is 1.57. The van der Waals surface area contributed by atoms with E-state index in [1.54, 1.807) is 0 Å². The van der Waals surface area contributed by atoms with Gasteiger partial charge in [-0.2, -0.15) is 0 Å². The van der Waals surface area contributed by atoms with Gasteiger partial charge < -0.3 is 4.74 Å². The van der Waals surface area contributed by atoms with Crippen molar-refractivity contribution in [2.45, 2.75) is 58.7 Å². The highest BCUT2D eigenvalue weighted by Crippen LogP contribution is 2.25. The van der Waals surface area contributed by atoms with Crippen LogP contribution in [0, 0.1) is 0 Å². The van der Waals surface area contributed by atoms with Crippen LogP contribution in [0.4, 0.5) is 0 Å². The Morgan fingerprint density at radius 1 is 1.38 bits per heavy atom. The van der Waals surface area contributed by atoms with Gasteiger partial charge in [-0.1, -0.05) is 6.92 Å². The van der Waals surface area contributed by atoms with Gasteiger partial charge in [0, 0.05) is 18.1 Å². The third-order valence-electron chi connectivity index (χ3n) is 3.53. The summed E-state index contributed by atoms with van der Waals surface area (Å²) in [7, 11) is 0. The summed E-state index contributed by atoms with van der Waals surface area (Å²) in [6.45, 7) is 13.3. The highest BCUT2D eigenvalue weighted by Gasteiger charge is 2.34. The number of hydrogen-bond donors (Lipinski definition) is 0. The minimum absolute atomic E-state index is 0.317. The SMILES string of the molecule is CCC(C)(C)N1CCO[C@H](C)[C@H]1C. The van der Waals surface area contributed by atoms with Gasteiger partial charge in [-0.05, 0) is 34.1 Å². The van der Waals surface area contributed by atoms with Crippen molar-refractivity contribution in [3.05, 3.63) is 0 Å². The first kappa shape index (κ1) is 11.0.